The second-order valence-electron chi connectivity index (χ2n) is 5.53. The number of rotatable bonds is 2. The van der Waals surface area contributed by atoms with Crippen LogP contribution in [0.3, 0.4) is 0 Å². The van der Waals surface area contributed by atoms with Crippen molar-refractivity contribution in [1.29, 1.82) is 0 Å². The number of hydrazine groups is 1. The van der Waals surface area contributed by atoms with Crippen molar-refractivity contribution in [3.8, 4) is 0 Å². The van der Waals surface area contributed by atoms with Gasteiger partial charge < -0.3 is 4.74 Å². The normalized spacial score (nSPS) is 30.3. The zero-order valence-corrected chi connectivity index (χ0v) is 10.4. The lowest BCUT2D eigenvalue weighted by Crippen LogP contribution is -2.55. The third-order valence-corrected chi connectivity index (χ3v) is 4.30. The molecule has 1 spiro atoms. The molecule has 3 nitrogen and oxygen atoms in total. The summed E-state index contributed by atoms with van der Waals surface area (Å²) in [6.07, 6.45) is 1.66. The fraction of sp³-hybridized carbons (Fsp3) is 1.00. The highest BCUT2D eigenvalue weighted by Crippen LogP contribution is 2.43. The topological polar surface area (TPSA) is 47.3 Å². The molecule has 0 amide bonds. The molecule has 0 aromatic carbocycles. The summed E-state index contributed by atoms with van der Waals surface area (Å²) in [5.74, 6) is 4.63. The molecule has 2 unspecified atom stereocenters. The molecule has 0 bridgehead atoms. The molecule has 18 heavy (non-hydrogen) atoms. The van der Waals surface area contributed by atoms with E-state index in [2.05, 4.69) is 0 Å². The lowest BCUT2D eigenvalue weighted by Gasteiger charge is -2.45. The van der Waals surface area contributed by atoms with Crippen molar-refractivity contribution in [2.75, 3.05) is 6.61 Å². The Hall–Kier alpha value is -0.330. The number of alkyl halides is 3. The molecule has 1 heterocycles. The van der Waals surface area contributed by atoms with Gasteiger partial charge in [0.2, 0.25) is 0 Å². The second kappa shape index (κ2) is 5.35. The zero-order valence-electron chi connectivity index (χ0n) is 10.4. The van der Waals surface area contributed by atoms with Crippen LogP contribution in [0.2, 0.25) is 0 Å². The van der Waals surface area contributed by atoms with Gasteiger partial charge in [0.1, 0.15) is 6.04 Å². The van der Waals surface area contributed by atoms with E-state index in [9.17, 15) is 13.2 Å². The predicted molar refractivity (Wildman–Crippen MR) is 61.7 cm³/mol. The Bertz CT molecular complexity index is 271. The van der Waals surface area contributed by atoms with E-state index in [1.807, 2.05) is 5.43 Å². The third-order valence-electron chi connectivity index (χ3n) is 4.30. The smallest absolute Gasteiger partial charge is 0.375 e. The Balaban J connectivity index is 2.05. The minimum atomic E-state index is -4.29. The Morgan fingerprint density at radius 3 is 2.44 bits per heavy atom. The van der Waals surface area contributed by atoms with E-state index in [1.54, 1.807) is 0 Å². The average Bonchev–Trinajstić information content (AvgIpc) is 2.29. The van der Waals surface area contributed by atoms with E-state index in [1.165, 1.54) is 0 Å². The van der Waals surface area contributed by atoms with Crippen LogP contribution in [0.4, 0.5) is 13.2 Å². The largest absolute Gasteiger partial charge is 0.405 e. The van der Waals surface area contributed by atoms with Crippen LogP contribution in [-0.2, 0) is 4.74 Å². The number of halogens is 3. The molecule has 1 saturated carbocycles. The Morgan fingerprint density at radius 2 is 1.89 bits per heavy atom. The maximum atomic E-state index is 12.9. The molecule has 3 N–H and O–H groups in total. The van der Waals surface area contributed by atoms with Gasteiger partial charge in [-0.2, -0.15) is 13.2 Å². The SMILES string of the molecule is NNC(C1CCOC2(CCCCC2)C1)C(F)(F)F. The van der Waals surface area contributed by atoms with Crippen LogP contribution >= 0.6 is 0 Å². The van der Waals surface area contributed by atoms with Crippen molar-refractivity contribution < 1.29 is 17.9 Å². The van der Waals surface area contributed by atoms with Crippen LogP contribution in [0.5, 0.6) is 0 Å². The number of nitrogens with one attached hydrogen (secondary N) is 1. The van der Waals surface area contributed by atoms with E-state index in [-0.39, 0.29) is 5.60 Å². The van der Waals surface area contributed by atoms with Crippen LogP contribution in [-0.4, -0.2) is 24.4 Å². The van der Waals surface area contributed by atoms with Gasteiger partial charge in [0.15, 0.2) is 0 Å². The molecule has 0 aromatic heterocycles. The maximum absolute atomic E-state index is 12.9. The van der Waals surface area contributed by atoms with Crippen molar-refractivity contribution in [3.05, 3.63) is 0 Å². The van der Waals surface area contributed by atoms with Crippen LogP contribution < -0.4 is 11.3 Å². The summed E-state index contributed by atoms with van der Waals surface area (Å²) in [5.41, 5.74) is 1.64. The molecule has 1 aliphatic heterocycles. The number of ether oxygens (including phenoxy) is 1. The Kier molecular flexibility index (Phi) is 4.18. The fourth-order valence-electron chi connectivity index (χ4n) is 3.39. The molecule has 6 heteroatoms. The molecular formula is C12H21F3N2O. The van der Waals surface area contributed by atoms with Crippen LogP contribution in [0.1, 0.15) is 44.9 Å². The lowest BCUT2D eigenvalue weighted by atomic mass is 9.74. The summed E-state index contributed by atoms with van der Waals surface area (Å²) >= 11 is 0. The molecular weight excluding hydrogens is 245 g/mol. The highest BCUT2D eigenvalue weighted by Gasteiger charge is 2.49. The highest BCUT2D eigenvalue weighted by atomic mass is 19.4. The summed E-state index contributed by atoms with van der Waals surface area (Å²) in [4.78, 5) is 0. The minimum absolute atomic E-state index is 0.318. The van der Waals surface area contributed by atoms with Crippen molar-refractivity contribution in [2.45, 2.75) is 62.8 Å². The van der Waals surface area contributed by atoms with Gasteiger partial charge in [0, 0.05) is 6.61 Å². The Morgan fingerprint density at radius 1 is 1.22 bits per heavy atom. The molecule has 0 radical (unpaired) electrons. The summed E-state index contributed by atoms with van der Waals surface area (Å²) in [6.45, 7) is 0.416. The number of nitrogens with two attached hydrogens (primary N) is 1. The van der Waals surface area contributed by atoms with Gasteiger partial charge in [0.05, 0.1) is 5.60 Å². The third kappa shape index (κ3) is 2.97. The van der Waals surface area contributed by atoms with Gasteiger partial charge in [-0.15, -0.1) is 0 Å². The first-order valence-corrected chi connectivity index (χ1v) is 6.64. The molecule has 2 aliphatic rings. The van der Waals surface area contributed by atoms with Crippen molar-refractivity contribution in [1.82, 2.24) is 5.43 Å². The number of hydrogen-bond donors (Lipinski definition) is 2. The molecule has 2 atom stereocenters. The lowest BCUT2D eigenvalue weighted by molar-refractivity contribution is -0.191. The molecule has 1 saturated heterocycles. The van der Waals surface area contributed by atoms with Crippen molar-refractivity contribution in [2.24, 2.45) is 11.8 Å². The van der Waals surface area contributed by atoms with Gasteiger partial charge in [-0.05, 0) is 31.6 Å². The summed E-state index contributed by atoms with van der Waals surface area (Å²) in [5, 5.41) is 0. The quantitative estimate of drug-likeness (QED) is 0.596. The number of hydrogen-bond acceptors (Lipinski definition) is 3. The predicted octanol–water partition coefficient (Wildman–Crippen LogP) is 2.51. The highest BCUT2D eigenvalue weighted by molar-refractivity contribution is 4.94. The van der Waals surface area contributed by atoms with Crippen molar-refractivity contribution >= 4 is 0 Å². The molecule has 2 fully saturated rings. The van der Waals surface area contributed by atoms with E-state index in [0.29, 0.717) is 19.4 Å². The first kappa shape index (κ1) is 14.1. The van der Waals surface area contributed by atoms with E-state index in [0.717, 1.165) is 32.1 Å². The van der Waals surface area contributed by atoms with Gasteiger partial charge in [-0.25, -0.2) is 5.43 Å². The molecule has 1 aliphatic carbocycles. The first-order chi connectivity index (χ1) is 8.47. The fourth-order valence-corrected chi connectivity index (χ4v) is 3.39. The summed E-state index contributed by atoms with van der Waals surface area (Å²) in [7, 11) is 0. The Labute approximate surface area is 105 Å². The summed E-state index contributed by atoms with van der Waals surface area (Å²) < 4.78 is 44.4. The average molecular weight is 266 g/mol. The molecule has 2 rings (SSSR count). The van der Waals surface area contributed by atoms with Gasteiger partial charge in [-0.1, -0.05) is 19.3 Å². The van der Waals surface area contributed by atoms with Gasteiger partial charge in [-0.3, -0.25) is 5.84 Å². The minimum Gasteiger partial charge on any atom is -0.375 e. The van der Waals surface area contributed by atoms with Crippen LogP contribution in [0, 0.1) is 5.92 Å². The van der Waals surface area contributed by atoms with E-state index < -0.39 is 18.1 Å². The van der Waals surface area contributed by atoms with Gasteiger partial charge >= 0.3 is 6.18 Å². The van der Waals surface area contributed by atoms with Crippen LogP contribution in [0.15, 0.2) is 0 Å². The summed E-state index contributed by atoms with van der Waals surface area (Å²) in [6, 6.07) is -1.61. The molecule has 0 aromatic rings. The zero-order chi connectivity index (χ0) is 13.2. The standard InChI is InChI=1S/C12H21F3N2O/c13-12(14,15)10(17-16)9-4-7-18-11(8-9)5-2-1-3-6-11/h9-10,17H,1-8,16H2. The monoisotopic (exact) mass is 266 g/mol. The maximum Gasteiger partial charge on any atom is 0.405 e. The van der Waals surface area contributed by atoms with Crippen LogP contribution in [0.25, 0.3) is 0 Å². The molecule has 106 valence electrons. The van der Waals surface area contributed by atoms with E-state index >= 15 is 0 Å². The second-order valence-corrected chi connectivity index (χ2v) is 5.53. The van der Waals surface area contributed by atoms with Crippen molar-refractivity contribution in [3.63, 3.8) is 0 Å². The first-order valence-electron chi connectivity index (χ1n) is 6.64. The van der Waals surface area contributed by atoms with E-state index in [4.69, 9.17) is 10.6 Å². The van der Waals surface area contributed by atoms with Gasteiger partial charge in [0.25, 0.3) is 0 Å².